The molecule has 302 valence electrons. The fraction of sp³-hybridized carbons (Fsp3) is 0. The third-order valence-electron chi connectivity index (χ3n) is 8.60. The van der Waals surface area contributed by atoms with Crippen LogP contribution in [0.15, 0.2) is 177 Å². The molecule has 6 aromatic heterocycles. The van der Waals surface area contributed by atoms with Crippen LogP contribution in [0.2, 0.25) is 0 Å². The molecule has 0 bridgehead atoms. The molecule has 61 heavy (non-hydrogen) atoms. The van der Waals surface area contributed by atoms with Gasteiger partial charge in [0.1, 0.15) is 0 Å². The van der Waals surface area contributed by atoms with E-state index in [9.17, 15) is 0 Å². The van der Waals surface area contributed by atoms with E-state index >= 15 is 0 Å². The maximum Gasteiger partial charge on any atom is 3.00 e. The number of aromatic amines is 12. The van der Waals surface area contributed by atoms with Gasteiger partial charge < -0.3 is 0 Å². The van der Waals surface area contributed by atoms with Crippen molar-refractivity contribution in [3.8, 4) is 0 Å². The van der Waals surface area contributed by atoms with E-state index in [1.807, 2.05) is 146 Å². The van der Waals surface area contributed by atoms with Crippen molar-refractivity contribution in [3.63, 3.8) is 0 Å². The summed E-state index contributed by atoms with van der Waals surface area (Å²) < 4.78 is 0. The number of thiol groups is 6. The standard InChI is InChI=1S/6C7H6N2S.Bi/c6*10-7-8-5-3-1-2-4-6(5)9-7;/h6*1-4H,(H2,8,9,10);/q;;;;;;+3/p+6. The Bertz CT molecular complexity index is 2490. The Labute approximate surface area is 401 Å². The number of nitrogens with one attached hydrogen (secondary N) is 12. The fourth-order valence-electron chi connectivity index (χ4n) is 5.92. The van der Waals surface area contributed by atoms with Crippen LogP contribution in [0.1, 0.15) is 0 Å². The SMILES string of the molecule is Sc1[nH]c2ccccc2[nH+]1.Sc1[nH]c2ccccc2[nH+]1.Sc1[nH]c2ccccc2[nH+]1.Sc1[nH]c2ccccc2[nH+]1.Sc1[nH]c2ccccc2[nH+]1.Sc1[nH]c2ccccc2[nH+]1.[Bi+3]. The average Bonchev–Trinajstić information content (AvgIpc) is 4.10. The molecule has 12 N–H and O–H groups in total. The van der Waals surface area contributed by atoms with Crippen molar-refractivity contribution in [1.29, 1.82) is 0 Å². The van der Waals surface area contributed by atoms with Crippen LogP contribution in [0.5, 0.6) is 0 Å². The topological polar surface area (TPSA) is 180 Å². The van der Waals surface area contributed by atoms with E-state index in [-0.39, 0.29) is 26.2 Å². The van der Waals surface area contributed by atoms with Crippen LogP contribution in [0.3, 0.4) is 0 Å². The number of aromatic nitrogens is 12. The van der Waals surface area contributed by atoms with Crippen molar-refractivity contribution >= 4 is 168 Å². The Morgan fingerprint density at radius 2 is 0.361 bits per heavy atom. The number of H-pyrrole nitrogens is 12. The Kier molecular flexibility index (Phi) is 16.7. The van der Waals surface area contributed by atoms with Gasteiger partial charge in [0.2, 0.25) is 0 Å². The largest absolute Gasteiger partial charge is 3.00 e. The van der Waals surface area contributed by atoms with Gasteiger partial charge in [-0.1, -0.05) is 149 Å². The van der Waals surface area contributed by atoms with Crippen molar-refractivity contribution in [3.05, 3.63) is 146 Å². The zero-order chi connectivity index (χ0) is 41.8. The van der Waals surface area contributed by atoms with E-state index in [4.69, 9.17) is 0 Å². The van der Waals surface area contributed by atoms with Crippen molar-refractivity contribution in [1.82, 2.24) is 29.9 Å². The summed E-state index contributed by atoms with van der Waals surface area (Å²) in [6.07, 6.45) is 0. The molecule has 0 amide bonds. The van der Waals surface area contributed by atoms with Crippen molar-refractivity contribution in [2.24, 2.45) is 0 Å². The van der Waals surface area contributed by atoms with Gasteiger partial charge >= 0.3 is 57.1 Å². The molecule has 0 aliphatic rings. The summed E-state index contributed by atoms with van der Waals surface area (Å²) in [5, 5.41) is 4.76. The molecule has 12 aromatic rings. The predicted octanol–water partition coefficient (Wildman–Crippen LogP) is 7.24. The molecular weight excluding hydrogens is 1070 g/mol. The minimum absolute atomic E-state index is 0. The van der Waals surface area contributed by atoms with Gasteiger partial charge in [-0.2, -0.15) is 0 Å². The second-order valence-corrected chi connectivity index (χ2v) is 15.5. The second-order valence-electron chi connectivity index (χ2n) is 12.9. The predicted molar refractivity (Wildman–Crippen MR) is 258 cm³/mol. The maximum absolute atomic E-state index is 4.13. The Morgan fingerprint density at radius 3 is 0.492 bits per heavy atom. The number of imidazole rings is 6. The fourth-order valence-corrected chi connectivity index (χ4v) is 7.37. The van der Waals surface area contributed by atoms with Crippen molar-refractivity contribution < 1.29 is 29.9 Å². The normalized spacial score (nSPS) is 10.3. The molecule has 6 aromatic carbocycles. The molecule has 2 radical (unpaired) electrons. The third-order valence-corrected chi connectivity index (χ3v) is 9.94. The number of benzene rings is 6. The summed E-state index contributed by atoms with van der Waals surface area (Å²) in [5.41, 5.74) is 13.1. The van der Waals surface area contributed by atoms with Crippen LogP contribution in [-0.2, 0) is 0 Å². The average molecular weight is 1120 g/mol. The van der Waals surface area contributed by atoms with E-state index in [1.165, 1.54) is 0 Å². The number of fused-ring (bicyclic) bond motifs is 6. The summed E-state index contributed by atoms with van der Waals surface area (Å²) >= 11 is 24.8. The van der Waals surface area contributed by atoms with Crippen molar-refractivity contribution in [2.45, 2.75) is 30.9 Å². The molecule has 0 atom stereocenters. The number of hydrogen-bond donors (Lipinski definition) is 12. The minimum atomic E-state index is 0. The zero-order valence-corrected chi connectivity index (χ0v) is 40.8. The van der Waals surface area contributed by atoms with Gasteiger partial charge in [0.25, 0.3) is 0 Å². The van der Waals surface area contributed by atoms with Crippen LogP contribution < -0.4 is 29.9 Å². The summed E-state index contributed by atoms with van der Waals surface area (Å²) in [4.78, 5) is 36.8. The molecule has 19 heteroatoms. The Hall–Kier alpha value is -4.88. The van der Waals surface area contributed by atoms with Crippen LogP contribution in [-0.4, -0.2) is 56.1 Å². The molecule has 12 rings (SSSR count). The van der Waals surface area contributed by atoms with E-state index in [1.54, 1.807) is 0 Å². The number of para-hydroxylation sites is 12. The molecule has 0 saturated carbocycles. The van der Waals surface area contributed by atoms with Crippen LogP contribution >= 0.6 is 75.8 Å². The number of rotatable bonds is 0. The molecule has 12 nitrogen and oxygen atoms in total. The van der Waals surface area contributed by atoms with E-state index in [2.05, 4.69) is 136 Å². The van der Waals surface area contributed by atoms with Crippen LogP contribution in [0.4, 0.5) is 0 Å². The molecule has 0 aliphatic carbocycles. The first-order valence-corrected chi connectivity index (χ1v) is 21.0. The molecule has 0 saturated heterocycles. The Morgan fingerprint density at radius 1 is 0.230 bits per heavy atom. The summed E-state index contributed by atoms with van der Waals surface area (Å²) in [7, 11) is 0. The minimum Gasteiger partial charge on any atom is -0.231 e. The quantitative estimate of drug-likeness (QED) is 0.0542. The van der Waals surface area contributed by atoms with Crippen molar-refractivity contribution in [2.75, 3.05) is 0 Å². The van der Waals surface area contributed by atoms with Crippen LogP contribution in [0, 0.1) is 0 Å². The monoisotopic (exact) mass is 1120 g/mol. The van der Waals surface area contributed by atoms with Gasteiger partial charge in [0, 0.05) is 0 Å². The van der Waals surface area contributed by atoms with E-state index in [0.29, 0.717) is 0 Å². The van der Waals surface area contributed by atoms with E-state index < -0.39 is 0 Å². The summed E-state index contributed by atoms with van der Waals surface area (Å²) in [5.74, 6) is 0. The van der Waals surface area contributed by atoms with E-state index in [0.717, 1.165) is 97.1 Å². The van der Waals surface area contributed by atoms with Gasteiger partial charge in [-0.25, -0.2) is 59.8 Å². The molecule has 0 unspecified atom stereocenters. The Balaban J connectivity index is 0.000000122. The van der Waals surface area contributed by atoms with Gasteiger partial charge in [-0.15, -0.1) is 0 Å². The first-order valence-electron chi connectivity index (χ1n) is 18.3. The first kappa shape index (κ1) is 45.6. The van der Waals surface area contributed by atoms with Gasteiger partial charge in [0.15, 0.2) is 66.2 Å². The maximum atomic E-state index is 4.13. The summed E-state index contributed by atoms with van der Waals surface area (Å²) in [6.45, 7) is 0. The molecular formula is C42H42BiN12S6+9. The smallest absolute Gasteiger partial charge is 0.231 e. The molecule has 6 heterocycles. The molecule has 0 spiro atoms. The van der Waals surface area contributed by atoms with Gasteiger partial charge in [-0.05, 0) is 72.8 Å². The first-order chi connectivity index (χ1) is 29.2. The third kappa shape index (κ3) is 13.1. The molecule has 0 fully saturated rings. The molecule has 0 aliphatic heterocycles. The summed E-state index contributed by atoms with van der Waals surface area (Å²) in [6, 6.07) is 47.9. The van der Waals surface area contributed by atoms with Crippen LogP contribution in [0.25, 0.3) is 66.2 Å². The van der Waals surface area contributed by atoms with Gasteiger partial charge in [-0.3, -0.25) is 0 Å². The van der Waals surface area contributed by atoms with Gasteiger partial charge in [0.05, 0.1) is 0 Å². The number of hydrogen-bond acceptors (Lipinski definition) is 6. The zero-order valence-electron chi connectivity index (χ0n) is 32.0. The second kappa shape index (κ2) is 22.3.